The van der Waals surface area contributed by atoms with Crippen LogP contribution in [-0.4, -0.2) is 51.6 Å². The molecule has 8 heteroatoms. The second-order valence-electron chi connectivity index (χ2n) is 6.38. The smallest absolute Gasteiger partial charge is 0.307 e. The van der Waals surface area contributed by atoms with Crippen LogP contribution in [0.4, 0.5) is 5.69 Å². The molecule has 0 aromatic heterocycles. The van der Waals surface area contributed by atoms with Crippen LogP contribution in [0.15, 0.2) is 18.2 Å². The number of nitrogens with zero attached hydrogens (tertiary/aromatic N) is 1. The Kier molecular flexibility index (Phi) is 7.41. The van der Waals surface area contributed by atoms with Gasteiger partial charge in [0.05, 0.1) is 25.5 Å². The summed E-state index contributed by atoms with van der Waals surface area (Å²) < 4.78 is 30.0. The molecule has 0 unspecified atom stereocenters. The molecule has 0 atom stereocenters. The fourth-order valence-electron chi connectivity index (χ4n) is 2.29. The van der Waals surface area contributed by atoms with Crippen molar-refractivity contribution in [3.8, 4) is 0 Å². The highest BCUT2D eigenvalue weighted by molar-refractivity contribution is 7.92. The Morgan fingerprint density at radius 2 is 1.92 bits per heavy atom. The average Bonchev–Trinajstić information content (AvgIpc) is 2.50. The SMILES string of the molecule is COC(=O)CCN(CC(C)C)C(=O)c1ccc(C)c(NS(C)(=O)=O)c1. The number of methoxy groups -OCH3 is 1. The lowest BCUT2D eigenvalue weighted by molar-refractivity contribution is -0.140. The Bertz CT molecular complexity index is 729. The summed E-state index contributed by atoms with van der Waals surface area (Å²) in [7, 11) is -2.14. The van der Waals surface area contributed by atoms with Gasteiger partial charge in [-0.05, 0) is 30.5 Å². The molecule has 0 aliphatic heterocycles. The van der Waals surface area contributed by atoms with Crippen molar-refractivity contribution < 1.29 is 22.7 Å². The topological polar surface area (TPSA) is 92.8 Å². The van der Waals surface area contributed by atoms with Crippen LogP contribution in [0.1, 0.15) is 36.2 Å². The first-order valence-electron chi connectivity index (χ1n) is 7.98. The lowest BCUT2D eigenvalue weighted by Gasteiger charge is -2.24. The summed E-state index contributed by atoms with van der Waals surface area (Å²) in [5, 5.41) is 0. The molecule has 0 saturated heterocycles. The van der Waals surface area contributed by atoms with Crippen LogP contribution in [0.2, 0.25) is 0 Å². The van der Waals surface area contributed by atoms with E-state index < -0.39 is 10.0 Å². The van der Waals surface area contributed by atoms with Crippen LogP contribution in [-0.2, 0) is 19.6 Å². The minimum absolute atomic E-state index is 0.106. The van der Waals surface area contributed by atoms with Gasteiger partial charge in [0.1, 0.15) is 0 Å². The Morgan fingerprint density at radius 1 is 1.28 bits per heavy atom. The summed E-state index contributed by atoms with van der Waals surface area (Å²) >= 11 is 0. The highest BCUT2D eigenvalue weighted by Crippen LogP contribution is 2.20. The normalized spacial score (nSPS) is 11.3. The number of rotatable bonds is 8. The number of anilines is 1. The van der Waals surface area contributed by atoms with Gasteiger partial charge in [-0.25, -0.2) is 8.42 Å². The van der Waals surface area contributed by atoms with Crippen LogP contribution in [0.25, 0.3) is 0 Å². The Balaban J connectivity index is 3.06. The molecule has 7 nitrogen and oxygen atoms in total. The van der Waals surface area contributed by atoms with E-state index in [2.05, 4.69) is 9.46 Å². The number of esters is 1. The molecular formula is C17H26N2O5S. The van der Waals surface area contributed by atoms with E-state index in [9.17, 15) is 18.0 Å². The van der Waals surface area contributed by atoms with E-state index in [1.807, 2.05) is 13.8 Å². The summed E-state index contributed by atoms with van der Waals surface area (Å²) in [5.74, 6) is -0.417. The molecule has 0 spiro atoms. The number of benzene rings is 1. The van der Waals surface area contributed by atoms with Gasteiger partial charge in [-0.1, -0.05) is 19.9 Å². The summed E-state index contributed by atoms with van der Waals surface area (Å²) in [5.41, 5.74) is 1.44. The van der Waals surface area contributed by atoms with Crippen molar-refractivity contribution >= 4 is 27.6 Å². The number of carbonyl (C=O) groups excluding carboxylic acids is 2. The van der Waals surface area contributed by atoms with Crippen LogP contribution < -0.4 is 4.72 Å². The van der Waals surface area contributed by atoms with Crippen LogP contribution in [0, 0.1) is 12.8 Å². The van der Waals surface area contributed by atoms with Crippen LogP contribution >= 0.6 is 0 Å². The van der Waals surface area contributed by atoms with E-state index in [0.717, 1.165) is 6.26 Å². The van der Waals surface area contributed by atoms with Gasteiger partial charge in [-0.15, -0.1) is 0 Å². The molecule has 1 aromatic rings. The molecular weight excluding hydrogens is 344 g/mol. The third kappa shape index (κ3) is 7.13. The zero-order valence-electron chi connectivity index (χ0n) is 15.3. The maximum absolute atomic E-state index is 12.8. The summed E-state index contributed by atoms with van der Waals surface area (Å²) in [6, 6.07) is 4.86. The fourth-order valence-corrected chi connectivity index (χ4v) is 2.91. The number of aryl methyl sites for hydroxylation is 1. The number of amides is 1. The van der Waals surface area contributed by atoms with Gasteiger partial charge >= 0.3 is 5.97 Å². The second kappa shape index (κ2) is 8.84. The van der Waals surface area contributed by atoms with Crippen molar-refractivity contribution in [2.45, 2.75) is 27.2 Å². The van der Waals surface area contributed by atoms with Crippen molar-refractivity contribution in [1.82, 2.24) is 4.90 Å². The lowest BCUT2D eigenvalue weighted by Crippen LogP contribution is -2.36. The van der Waals surface area contributed by atoms with Crippen LogP contribution in [0.3, 0.4) is 0 Å². The van der Waals surface area contributed by atoms with Crippen molar-refractivity contribution in [2.75, 3.05) is 31.2 Å². The molecule has 25 heavy (non-hydrogen) atoms. The van der Waals surface area contributed by atoms with E-state index in [0.29, 0.717) is 23.4 Å². The van der Waals surface area contributed by atoms with E-state index in [-0.39, 0.29) is 30.8 Å². The molecule has 1 N–H and O–H groups in total. The predicted molar refractivity (Wildman–Crippen MR) is 97.0 cm³/mol. The molecule has 0 aliphatic rings. The zero-order valence-corrected chi connectivity index (χ0v) is 16.1. The monoisotopic (exact) mass is 370 g/mol. The van der Waals surface area contributed by atoms with Gasteiger partial charge in [0.25, 0.3) is 5.91 Å². The maximum atomic E-state index is 12.8. The number of ether oxygens (including phenoxy) is 1. The van der Waals surface area contributed by atoms with Crippen molar-refractivity contribution in [3.05, 3.63) is 29.3 Å². The fraction of sp³-hybridized carbons (Fsp3) is 0.529. The maximum Gasteiger partial charge on any atom is 0.307 e. The molecule has 0 bridgehead atoms. The molecule has 0 saturated carbocycles. The van der Waals surface area contributed by atoms with Crippen molar-refractivity contribution in [1.29, 1.82) is 0 Å². The zero-order chi connectivity index (χ0) is 19.2. The molecule has 1 amide bonds. The van der Waals surface area contributed by atoms with Gasteiger partial charge in [0.15, 0.2) is 0 Å². The standard InChI is InChI=1S/C17H26N2O5S/c1-12(2)11-19(9-8-16(20)24-4)17(21)14-7-6-13(3)15(10-14)18-25(5,22)23/h6-7,10,12,18H,8-9,11H2,1-5H3. The Labute approximate surface area is 149 Å². The third-order valence-corrected chi connectivity index (χ3v) is 4.06. The van der Waals surface area contributed by atoms with Gasteiger partial charge in [-0.2, -0.15) is 0 Å². The average molecular weight is 370 g/mol. The number of hydrogen-bond donors (Lipinski definition) is 1. The first-order chi connectivity index (χ1) is 11.5. The van der Waals surface area contributed by atoms with Gasteiger partial charge in [0, 0.05) is 18.7 Å². The first-order valence-corrected chi connectivity index (χ1v) is 9.87. The van der Waals surface area contributed by atoms with Crippen molar-refractivity contribution in [2.24, 2.45) is 5.92 Å². The Morgan fingerprint density at radius 3 is 2.44 bits per heavy atom. The molecule has 0 radical (unpaired) electrons. The predicted octanol–water partition coefficient (Wildman–Crippen LogP) is 2.03. The molecule has 0 heterocycles. The lowest BCUT2D eigenvalue weighted by atomic mass is 10.1. The summed E-state index contributed by atoms with van der Waals surface area (Å²) in [6.07, 6.45) is 1.16. The molecule has 1 rings (SSSR count). The quantitative estimate of drug-likeness (QED) is 0.707. The minimum Gasteiger partial charge on any atom is -0.469 e. The van der Waals surface area contributed by atoms with E-state index in [1.54, 1.807) is 24.0 Å². The van der Waals surface area contributed by atoms with Crippen molar-refractivity contribution in [3.63, 3.8) is 0 Å². The van der Waals surface area contributed by atoms with Gasteiger partial charge in [0.2, 0.25) is 10.0 Å². The van der Waals surface area contributed by atoms with E-state index >= 15 is 0 Å². The third-order valence-electron chi connectivity index (χ3n) is 3.47. The first kappa shape index (κ1) is 21.0. The number of carbonyl (C=O) groups is 2. The number of hydrogen-bond acceptors (Lipinski definition) is 5. The van der Waals surface area contributed by atoms with Gasteiger partial charge < -0.3 is 9.64 Å². The minimum atomic E-state index is -3.44. The number of nitrogens with one attached hydrogen (secondary N) is 1. The summed E-state index contributed by atoms with van der Waals surface area (Å²) in [4.78, 5) is 25.8. The largest absolute Gasteiger partial charge is 0.469 e. The van der Waals surface area contributed by atoms with Gasteiger partial charge in [-0.3, -0.25) is 14.3 Å². The highest BCUT2D eigenvalue weighted by Gasteiger charge is 2.19. The molecule has 140 valence electrons. The summed E-state index contributed by atoms with van der Waals surface area (Å²) in [6.45, 7) is 6.43. The van der Waals surface area contributed by atoms with E-state index in [4.69, 9.17) is 0 Å². The second-order valence-corrected chi connectivity index (χ2v) is 8.12. The molecule has 0 fully saturated rings. The van der Waals surface area contributed by atoms with Crippen LogP contribution in [0.5, 0.6) is 0 Å². The highest BCUT2D eigenvalue weighted by atomic mass is 32.2. The molecule has 1 aromatic carbocycles. The Hall–Kier alpha value is -2.09. The van der Waals surface area contributed by atoms with E-state index in [1.165, 1.54) is 13.2 Å². The number of sulfonamides is 1. The molecule has 0 aliphatic carbocycles.